The number of carbonyl (C=O) groups excluding carboxylic acids is 1. The Balaban J connectivity index is 1.80. The molecule has 35 heavy (non-hydrogen) atoms. The van der Waals surface area contributed by atoms with Crippen LogP contribution in [0.2, 0.25) is 5.02 Å². The Hall–Kier alpha value is -2.17. The minimum absolute atomic E-state index is 0.0112. The van der Waals surface area contributed by atoms with Crippen LogP contribution >= 0.6 is 11.6 Å². The van der Waals surface area contributed by atoms with Crippen molar-refractivity contribution in [3.05, 3.63) is 65.2 Å². The fourth-order valence-electron chi connectivity index (χ4n) is 3.86. The van der Waals surface area contributed by atoms with Crippen molar-refractivity contribution in [2.45, 2.75) is 49.8 Å². The summed E-state index contributed by atoms with van der Waals surface area (Å²) in [6, 6.07) is 14.5. The van der Waals surface area contributed by atoms with E-state index in [1.807, 2.05) is 44.2 Å². The van der Waals surface area contributed by atoms with Gasteiger partial charge in [-0.15, -0.1) is 0 Å². The van der Waals surface area contributed by atoms with Gasteiger partial charge in [0.25, 0.3) is 0 Å². The number of carbonyl (C=O) groups is 1. The van der Waals surface area contributed by atoms with Crippen LogP contribution in [0.25, 0.3) is 0 Å². The van der Waals surface area contributed by atoms with Crippen molar-refractivity contribution >= 4 is 27.7 Å². The highest BCUT2D eigenvalue weighted by molar-refractivity contribution is 7.89. The summed E-state index contributed by atoms with van der Waals surface area (Å²) in [5, 5.41) is 14.4. The second kappa shape index (κ2) is 12.7. The molecular formula is C25H33ClN2O6S. The molecule has 10 heteroatoms. The molecule has 0 saturated carbocycles. The van der Waals surface area contributed by atoms with Gasteiger partial charge in [0.05, 0.1) is 30.3 Å². The summed E-state index contributed by atoms with van der Waals surface area (Å²) < 4.78 is 38.7. The van der Waals surface area contributed by atoms with Crippen molar-refractivity contribution < 1.29 is 27.8 Å². The standard InChI is InChI=1S/C25H33ClN2O6S/c1-18(2)15-28(35(31,32)22-10-8-20(26)9-11-22)16-24(29)23(14-19-6-4-3-5-7-19)27-25(30)34-21-12-13-33-17-21/h3-11,18,21,23-24,29H,12-17H2,1-2H3,(H,27,30)/t21?,23-,24+/m0/s1. The van der Waals surface area contributed by atoms with E-state index in [-0.39, 0.29) is 30.0 Å². The van der Waals surface area contributed by atoms with E-state index in [9.17, 15) is 18.3 Å². The molecule has 0 radical (unpaired) electrons. The van der Waals surface area contributed by atoms with E-state index < -0.39 is 28.3 Å². The monoisotopic (exact) mass is 524 g/mol. The molecule has 1 aliphatic rings. The molecule has 2 aromatic carbocycles. The molecule has 3 rings (SSSR count). The van der Waals surface area contributed by atoms with Crippen LogP contribution in [0.5, 0.6) is 0 Å². The topological polar surface area (TPSA) is 105 Å². The highest BCUT2D eigenvalue weighted by atomic mass is 35.5. The van der Waals surface area contributed by atoms with Crippen molar-refractivity contribution in [1.82, 2.24) is 9.62 Å². The number of benzene rings is 2. The minimum atomic E-state index is -3.91. The molecule has 1 heterocycles. The number of aliphatic hydroxyl groups is 1. The predicted octanol–water partition coefficient (Wildman–Crippen LogP) is 3.47. The third-order valence-corrected chi connectivity index (χ3v) is 7.74. The smallest absolute Gasteiger partial charge is 0.407 e. The molecule has 0 aromatic heterocycles. The number of alkyl carbamates (subject to hydrolysis) is 1. The Kier molecular flexibility index (Phi) is 9.94. The second-order valence-electron chi connectivity index (χ2n) is 9.07. The van der Waals surface area contributed by atoms with Crippen LogP contribution < -0.4 is 5.32 Å². The number of ether oxygens (including phenoxy) is 2. The van der Waals surface area contributed by atoms with E-state index in [4.69, 9.17) is 21.1 Å². The van der Waals surface area contributed by atoms with Gasteiger partial charge < -0.3 is 19.9 Å². The van der Waals surface area contributed by atoms with Gasteiger partial charge in [-0.1, -0.05) is 55.8 Å². The maximum Gasteiger partial charge on any atom is 0.407 e. The van der Waals surface area contributed by atoms with Gasteiger partial charge in [0.1, 0.15) is 6.10 Å². The van der Waals surface area contributed by atoms with E-state index in [1.54, 1.807) is 0 Å². The van der Waals surface area contributed by atoms with Crippen molar-refractivity contribution in [3.8, 4) is 0 Å². The third-order valence-electron chi connectivity index (χ3n) is 5.64. The van der Waals surface area contributed by atoms with Crippen molar-refractivity contribution in [2.75, 3.05) is 26.3 Å². The van der Waals surface area contributed by atoms with Crippen molar-refractivity contribution in [1.29, 1.82) is 0 Å². The van der Waals surface area contributed by atoms with E-state index in [2.05, 4.69) is 5.32 Å². The predicted molar refractivity (Wildman–Crippen MR) is 134 cm³/mol. The van der Waals surface area contributed by atoms with Crippen LogP contribution in [0.4, 0.5) is 4.79 Å². The number of sulfonamides is 1. The fraction of sp³-hybridized carbons (Fsp3) is 0.480. The molecule has 3 atom stereocenters. The molecule has 0 bridgehead atoms. The Morgan fingerprint density at radius 3 is 2.46 bits per heavy atom. The van der Waals surface area contributed by atoms with E-state index >= 15 is 0 Å². The number of rotatable bonds is 11. The number of nitrogens with one attached hydrogen (secondary N) is 1. The molecule has 192 valence electrons. The van der Waals surface area contributed by atoms with Crippen LogP contribution in [0.1, 0.15) is 25.8 Å². The lowest BCUT2D eigenvalue weighted by molar-refractivity contribution is 0.0644. The highest BCUT2D eigenvalue weighted by Gasteiger charge is 2.32. The van der Waals surface area contributed by atoms with Gasteiger partial charge in [0.2, 0.25) is 10.0 Å². The molecule has 1 saturated heterocycles. The van der Waals surface area contributed by atoms with Crippen LogP contribution in [-0.2, 0) is 25.9 Å². The first kappa shape index (κ1) is 27.4. The molecule has 8 nitrogen and oxygen atoms in total. The van der Waals surface area contributed by atoms with E-state index in [1.165, 1.54) is 28.6 Å². The van der Waals surface area contributed by atoms with Gasteiger partial charge in [-0.05, 0) is 42.2 Å². The number of amides is 1. The molecular weight excluding hydrogens is 492 g/mol. The second-order valence-corrected chi connectivity index (χ2v) is 11.4. The zero-order valence-corrected chi connectivity index (χ0v) is 21.5. The number of halogens is 1. The first-order valence-corrected chi connectivity index (χ1v) is 13.5. The van der Waals surface area contributed by atoms with Crippen molar-refractivity contribution in [3.63, 3.8) is 0 Å². The number of hydrogen-bond donors (Lipinski definition) is 2. The maximum absolute atomic E-state index is 13.4. The van der Waals surface area contributed by atoms with Crippen LogP contribution in [0.15, 0.2) is 59.5 Å². The summed E-state index contributed by atoms with van der Waals surface area (Å²) in [7, 11) is -3.91. The summed E-state index contributed by atoms with van der Waals surface area (Å²) in [4.78, 5) is 12.7. The summed E-state index contributed by atoms with van der Waals surface area (Å²) in [5.74, 6) is 0.0112. The average molecular weight is 525 g/mol. The number of nitrogens with zero attached hydrogens (tertiary/aromatic N) is 1. The summed E-state index contributed by atoms with van der Waals surface area (Å²) in [6.07, 6.45) is -1.29. The van der Waals surface area contributed by atoms with Gasteiger partial charge in [0, 0.05) is 24.5 Å². The Morgan fingerprint density at radius 2 is 1.86 bits per heavy atom. The number of aliphatic hydroxyl groups excluding tert-OH is 1. The van der Waals surface area contributed by atoms with Crippen LogP contribution in [-0.4, -0.2) is 68.5 Å². The average Bonchev–Trinajstić information content (AvgIpc) is 3.31. The fourth-order valence-corrected chi connectivity index (χ4v) is 5.61. The maximum atomic E-state index is 13.4. The summed E-state index contributed by atoms with van der Waals surface area (Å²) in [5.41, 5.74) is 0.886. The lowest BCUT2D eigenvalue weighted by atomic mass is 10.0. The first-order valence-electron chi connectivity index (χ1n) is 11.7. The Labute approximate surface area is 212 Å². The molecule has 1 unspecified atom stereocenters. The van der Waals surface area contributed by atoms with Gasteiger partial charge in [-0.3, -0.25) is 0 Å². The van der Waals surface area contributed by atoms with Crippen LogP contribution in [0.3, 0.4) is 0 Å². The lowest BCUT2D eigenvalue weighted by Crippen LogP contribution is -2.51. The normalized spacial score (nSPS) is 17.9. The highest BCUT2D eigenvalue weighted by Crippen LogP contribution is 2.21. The molecule has 1 fully saturated rings. The SMILES string of the molecule is CC(C)CN(C[C@@H](O)[C@H](Cc1ccccc1)NC(=O)OC1CCOC1)S(=O)(=O)c1ccc(Cl)cc1. The summed E-state index contributed by atoms with van der Waals surface area (Å²) in [6.45, 7) is 4.66. The molecule has 0 spiro atoms. The van der Waals surface area contributed by atoms with E-state index in [0.717, 1.165) is 5.56 Å². The lowest BCUT2D eigenvalue weighted by Gasteiger charge is -2.30. The number of hydrogen-bond acceptors (Lipinski definition) is 6. The van der Waals surface area contributed by atoms with Gasteiger partial charge >= 0.3 is 6.09 Å². The molecule has 2 N–H and O–H groups in total. The van der Waals surface area contributed by atoms with Gasteiger partial charge in [-0.2, -0.15) is 4.31 Å². The zero-order chi connectivity index (χ0) is 25.4. The van der Waals surface area contributed by atoms with Crippen molar-refractivity contribution in [2.24, 2.45) is 5.92 Å². The molecule has 2 aromatic rings. The quantitative estimate of drug-likeness (QED) is 0.466. The van der Waals surface area contributed by atoms with Gasteiger partial charge in [0.15, 0.2) is 0 Å². The Bertz CT molecular complexity index is 1040. The minimum Gasteiger partial charge on any atom is -0.444 e. The molecule has 1 aliphatic heterocycles. The third kappa shape index (κ3) is 8.18. The Morgan fingerprint density at radius 1 is 1.17 bits per heavy atom. The largest absolute Gasteiger partial charge is 0.444 e. The first-order chi connectivity index (χ1) is 16.6. The summed E-state index contributed by atoms with van der Waals surface area (Å²) >= 11 is 5.93. The van der Waals surface area contributed by atoms with Crippen LogP contribution in [0, 0.1) is 5.92 Å². The molecule has 0 aliphatic carbocycles. The van der Waals surface area contributed by atoms with E-state index in [0.29, 0.717) is 31.1 Å². The zero-order valence-electron chi connectivity index (χ0n) is 20.0. The molecule has 1 amide bonds. The van der Waals surface area contributed by atoms with Gasteiger partial charge in [-0.25, -0.2) is 13.2 Å².